The van der Waals surface area contributed by atoms with E-state index < -0.39 is 24.0 Å². The van der Waals surface area contributed by atoms with Gasteiger partial charge in [-0.15, -0.1) is 11.3 Å². The second-order valence-electron chi connectivity index (χ2n) is 8.72. The number of nitrogens with zero attached hydrogens (tertiary/aromatic N) is 1. The number of carbonyl (C=O) groups is 3. The highest BCUT2D eigenvalue weighted by atomic mass is 32.1. The summed E-state index contributed by atoms with van der Waals surface area (Å²) < 4.78 is 5.53. The molecule has 1 heterocycles. The minimum atomic E-state index is -1.10. The van der Waals surface area contributed by atoms with Crippen molar-refractivity contribution in [3.63, 3.8) is 0 Å². The number of alkyl carbamates (subject to hydrolysis) is 1. The van der Waals surface area contributed by atoms with E-state index in [-0.39, 0.29) is 30.7 Å². The largest absolute Gasteiger partial charge is 0.480 e. The van der Waals surface area contributed by atoms with Crippen LogP contribution in [0.2, 0.25) is 0 Å². The van der Waals surface area contributed by atoms with Gasteiger partial charge in [0, 0.05) is 10.8 Å². The van der Waals surface area contributed by atoms with Crippen LogP contribution in [0.5, 0.6) is 0 Å². The molecule has 0 aliphatic heterocycles. The summed E-state index contributed by atoms with van der Waals surface area (Å²) in [7, 11) is 0. The zero-order valence-electron chi connectivity index (χ0n) is 19.7. The zero-order valence-corrected chi connectivity index (χ0v) is 20.5. The fraction of sp³-hybridized carbons (Fsp3) is 0.308. The summed E-state index contributed by atoms with van der Waals surface area (Å²) in [5.74, 6) is -1.95. The van der Waals surface area contributed by atoms with E-state index in [4.69, 9.17) is 4.74 Å². The summed E-state index contributed by atoms with van der Waals surface area (Å²) in [6.45, 7) is 5.47. The molecule has 35 heavy (non-hydrogen) atoms. The fourth-order valence-corrected chi connectivity index (χ4v) is 5.13. The number of carboxylic acids is 1. The first kappa shape index (κ1) is 24.4. The van der Waals surface area contributed by atoms with Gasteiger partial charge in [0.05, 0.1) is 6.54 Å². The van der Waals surface area contributed by atoms with Crippen LogP contribution < -0.4 is 10.6 Å². The van der Waals surface area contributed by atoms with Gasteiger partial charge in [-0.3, -0.25) is 4.79 Å². The molecule has 3 aromatic rings. The Balaban J connectivity index is 1.35. The van der Waals surface area contributed by atoms with Crippen LogP contribution in [0.3, 0.4) is 0 Å². The third kappa shape index (κ3) is 5.19. The van der Waals surface area contributed by atoms with Crippen LogP contribution in [0.4, 0.5) is 4.79 Å². The van der Waals surface area contributed by atoms with E-state index >= 15 is 0 Å². The van der Waals surface area contributed by atoms with Crippen molar-refractivity contribution in [1.29, 1.82) is 0 Å². The van der Waals surface area contributed by atoms with Crippen LogP contribution in [0.15, 0.2) is 48.5 Å². The van der Waals surface area contributed by atoms with Gasteiger partial charge < -0.3 is 20.5 Å². The molecule has 0 bridgehead atoms. The first-order valence-corrected chi connectivity index (χ1v) is 12.2. The van der Waals surface area contributed by atoms with Crippen LogP contribution in [0.1, 0.15) is 51.3 Å². The maximum atomic E-state index is 12.5. The van der Waals surface area contributed by atoms with Crippen molar-refractivity contribution in [3.05, 3.63) is 75.2 Å². The molecule has 1 aromatic heterocycles. The summed E-state index contributed by atoms with van der Waals surface area (Å²) in [6.07, 6.45) is -0.573. The molecular formula is C26H27N3O5S. The predicted molar refractivity (Wildman–Crippen MR) is 132 cm³/mol. The number of nitrogens with one attached hydrogen (secondary N) is 2. The van der Waals surface area contributed by atoms with Crippen molar-refractivity contribution in [3.8, 4) is 11.1 Å². The smallest absolute Gasteiger partial charge is 0.407 e. The molecule has 9 heteroatoms. The molecule has 1 atom stereocenters. The molecule has 8 nitrogen and oxygen atoms in total. The molecule has 182 valence electrons. The Morgan fingerprint density at radius 1 is 1.06 bits per heavy atom. The topological polar surface area (TPSA) is 118 Å². The van der Waals surface area contributed by atoms with E-state index in [1.54, 1.807) is 20.8 Å². The highest BCUT2D eigenvalue weighted by Gasteiger charge is 2.29. The number of aliphatic carboxylic acids is 1. The van der Waals surface area contributed by atoms with Gasteiger partial charge in [-0.2, -0.15) is 0 Å². The van der Waals surface area contributed by atoms with E-state index in [0.717, 1.165) is 22.3 Å². The number of benzene rings is 2. The van der Waals surface area contributed by atoms with Crippen molar-refractivity contribution in [2.75, 3.05) is 6.61 Å². The molecule has 0 unspecified atom stereocenters. The third-order valence-corrected chi connectivity index (χ3v) is 6.97. The first-order chi connectivity index (χ1) is 16.8. The van der Waals surface area contributed by atoms with Gasteiger partial charge in [0.15, 0.2) is 0 Å². The minimum absolute atomic E-state index is 0.0336. The minimum Gasteiger partial charge on any atom is -0.480 e. The number of amides is 2. The van der Waals surface area contributed by atoms with E-state index in [2.05, 4.69) is 39.9 Å². The number of thiazole rings is 1. The molecule has 0 fully saturated rings. The SMILES string of the molecule is Cc1sc(CNC(=O)OCC2c3ccccc3-c3ccccc32)nc1C(=O)N[C@H](C(=O)O)C(C)C. The Morgan fingerprint density at radius 2 is 1.66 bits per heavy atom. The molecule has 4 rings (SSSR count). The normalized spacial score (nSPS) is 13.1. The van der Waals surface area contributed by atoms with Crippen molar-refractivity contribution >= 4 is 29.3 Å². The number of rotatable bonds is 8. The van der Waals surface area contributed by atoms with Crippen molar-refractivity contribution < 1.29 is 24.2 Å². The van der Waals surface area contributed by atoms with Crippen LogP contribution in [-0.2, 0) is 16.1 Å². The Hall–Kier alpha value is -3.72. The molecule has 0 radical (unpaired) electrons. The summed E-state index contributed by atoms with van der Waals surface area (Å²) in [5.41, 5.74) is 4.74. The number of ether oxygens (including phenoxy) is 1. The summed E-state index contributed by atoms with van der Waals surface area (Å²) in [5, 5.41) is 15.0. The predicted octanol–water partition coefficient (Wildman–Crippen LogP) is 4.33. The van der Waals surface area contributed by atoms with Gasteiger partial charge in [-0.05, 0) is 35.1 Å². The molecule has 1 aliphatic carbocycles. The lowest BCUT2D eigenvalue weighted by Crippen LogP contribution is -2.44. The van der Waals surface area contributed by atoms with Crippen molar-refractivity contribution in [1.82, 2.24) is 15.6 Å². The van der Waals surface area contributed by atoms with Gasteiger partial charge in [0.2, 0.25) is 0 Å². The second-order valence-corrected chi connectivity index (χ2v) is 10.0. The molecule has 1 aliphatic rings. The summed E-state index contributed by atoms with van der Waals surface area (Å²) >= 11 is 1.26. The monoisotopic (exact) mass is 493 g/mol. The van der Waals surface area contributed by atoms with Gasteiger partial charge in [-0.25, -0.2) is 14.6 Å². The molecule has 2 aromatic carbocycles. The quantitative estimate of drug-likeness (QED) is 0.430. The highest BCUT2D eigenvalue weighted by Crippen LogP contribution is 2.44. The van der Waals surface area contributed by atoms with Crippen LogP contribution in [0.25, 0.3) is 11.1 Å². The first-order valence-electron chi connectivity index (χ1n) is 11.3. The maximum Gasteiger partial charge on any atom is 0.407 e. The number of fused-ring (bicyclic) bond motifs is 3. The average molecular weight is 494 g/mol. The van der Waals surface area contributed by atoms with Gasteiger partial charge in [-0.1, -0.05) is 62.4 Å². The molecular weight excluding hydrogens is 466 g/mol. The lowest BCUT2D eigenvalue weighted by Gasteiger charge is -2.17. The average Bonchev–Trinajstić information content (AvgIpc) is 3.37. The van der Waals surface area contributed by atoms with Crippen molar-refractivity contribution in [2.45, 2.75) is 39.3 Å². The summed E-state index contributed by atoms with van der Waals surface area (Å²) in [6, 6.07) is 15.2. The lowest BCUT2D eigenvalue weighted by atomic mass is 9.98. The van der Waals surface area contributed by atoms with E-state index in [1.807, 2.05) is 24.3 Å². The molecule has 0 spiro atoms. The van der Waals surface area contributed by atoms with Crippen molar-refractivity contribution in [2.24, 2.45) is 5.92 Å². The van der Waals surface area contributed by atoms with Gasteiger partial charge in [0.25, 0.3) is 5.91 Å². The molecule has 0 saturated carbocycles. The number of aromatic nitrogens is 1. The Bertz CT molecular complexity index is 1220. The zero-order chi connectivity index (χ0) is 25.1. The maximum absolute atomic E-state index is 12.5. The van der Waals surface area contributed by atoms with E-state index in [0.29, 0.717) is 9.88 Å². The van der Waals surface area contributed by atoms with Gasteiger partial charge in [0.1, 0.15) is 23.4 Å². The highest BCUT2D eigenvalue weighted by molar-refractivity contribution is 7.11. The van der Waals surface area contributed by atoms with E-state index in [1.165, 1.54) is 11.3 Å². The number of hydrogen-bond donors (Lipinski definition) is 3. The number of hydrogen-bond acceptors (Lipinski definition) is 6. The number of carboxylic acid groups (broad SMARTS) is 1. The van der Waals surface area contributed by atoms with Gasteiger partial charge >= 0.3 is 12.1 Å². The lowest BCUT2D eigenvalue weighted by molar-refractivity contribution is -0.140. The Morgan fingerprint density at radius 3 is 2.23 bits per heavy atom. The molecule has 3 N–H and O–H groups in total. The van der Waals surface area contributed by atoms with Crippen LogP contribution >= 0.6 is 11.3 Å². The van der Waals surface area contributed by atoms with Crippen LogP contribution in [0, 0.1) is 12.8 Å². The third-order valence-electron chi connectivity index (χ3n) is 6.00. The Kier molecular flexibility index (Phi) is 7.16. The van der Waals surface area contributed by atoms with Crippen LogP contribution in [-0.4, -0.2) is 40.7 Å². The molecule has 2 amide bonds. The Labute approximate surface area is 207 Å². The molecule has 0 saturated heterocycles. The fourth-order valence-electron chi connectivity index (χ4n) is 4.26. The number of carbonyl (C=O) groups excluding carboxylic acids is 2. The number of aryl methyl sites for hydroxylation is 1. The standard InChI is InChI=1S/C26H27N3O5S/c1-14(2)22(25(31)32)29-24(30)23-15(3)35-21(28-23)12-27-26(33)34-13-20-18-10-6-4-8-16(18)17-9-5-7-11-19(17)20/h4-11,14,20,22H,12-13H2,1-3H3,(H,27,33)(H,29,30)(H,31,32)/t22-/m0/s1. The second kappa shape index (κ2) is 10.3. The summed E-state index contributed by atoms with van der Waals surface area (Å²) in [4.78, 5) is 41.3. The van der Waals surface area contributed by atoms with E-state index in [9.17, 15) is 19.5 Å².